The summed E-state index contributed by atoms with van der Waals surface area (Å²) in [6, 6.07) is 13.0. The monoisotopic (exact) mass is 467 g/mol. The fraction of sp³-hybridized carbons (Fsp3) is 0.417. The van der Waals surface area contributed by atoms with Crippen molar-refractivity contribution >= 4 is 23.5 Å². The molecule has 0 spiro atoms. The summed E-state index contributed by atoms with van der Waals surface area (Å²) < 4.78 is 44.0. The lowest BCUT2D eigenvalue weighted by atomic mass is 9.76. The Balaban J connectivity index is 1.76. The van der Waals surface area contributed by atoms with Gasteiger partial charge in [0, 0.05) is 5.02 Å². The van der Waals surface area contributed by atoms with Crippen molar-refractivity contribution in [2.45, 2.75) is 50.7 Å². The molecule has 4 nitrogen and oxygen atoms in total. The topological polar surface area (TPSA) is 55.4 Å². The zero-order chi connectivity index (χ0) is 23.5. The molecule has 1 aliphatic rings. The molecule has 0 radical (unpaired) electrons. The number of methoxy groups -OCH3 is 1. The highest BCUT2D eigenvalue weighted by Crippen LogP contribution is 2.41. The largest absolute Gasteiger partial charge is 0.467 e. The first-order chi connectivity index (χ1) is 15.0. The first-order valence-electron chi connectivity index (χ1n) is 10.4. The molecule has 3 rings (SSSR count). The van der Waals surface area contributed by atoms with E-state index < -0.39 is 29.5 Å². The maximum Gasteiger partial charge on any atom is 0.391 e. The second kappa shape index (κ2) is 9.53. The fourth-order valence-electron chi connectivity index (χ4n) is 4.18. The molecule has 2 aromatic carbocycles. The molecule has 32 heavy (non-hydrogen) atoms. The van der Waals surface area contributed by atoms with E-state index in [1.165, 1.54) is 7.11 Å². The number of ether oxygens (including phenoxy) is 1. The molecule has 0 saturated heterocycles. The van der Waals surface area contributed by atoms with Crippen molar-refractivity contribution in [2.75, 3.05) is 7.11 Å². The first-order valence-corrected chi connectivity index (χ1v) is 10.7. The van der Waals surface area contributed by atoms with Crippen LogP contribution in [0.15, 0.2) is 42.5 Å². The average Bonchev–Trinajstić information content (AvgIpc) is 2.75. The number of halogens is 4. The van der Waals surface area contributed by atoms with Gasteiger partial charge in [0.05, 0.1) is 19.4 Å². The smallest absolute Gasteiger partial charge is 0.391 e. The van der Waals surface area contributed by atoms with Crippen LogP contribution in [0.2, 0.25) is 5.02 Å². The number of hydrogen-bond acceptors (Lipinski definition) is 3. The quantitative estimate of drug-likeness (QED) is 0.579. The Bertz CT molecular complexity index is 981. The number of carbonyl (C=O) groups excluding carboxylic acids is 2. The lowest BCUT2D eigenvalue weighted by molar-refractivity contribution is -0.188. The van der Waals surface area contributed by atoms with Crippen molar-refractivity contribution in [3.63, 3.8) is 0 Å². The van der Waals surface area contributed by atoms with E-state index in [0.29, 0.717) is 5.02 Å². The predicted octanol–water partition coefficient (Wildman–Crippen LogP) is 5.64. The molecule has 0 aliphatic heterocycles. The summed E-state index contributed by atoms with van der Waals surface area (Å²) in [4.78, 5) is 25.3. The molecule has 0 bridgehead atoms. The molecule has 1 saturated carbocycles. The summed E-state index contributed by atoms with van der Waals surface area (Å²) in [7, 11) is 1.17. The van der Waals surface area contributed by atoms with E-state index in [2.05, 4.69) is 5.32 Å². The normalized spacial score (nSPS) is 21.1. The van der Waals surface area contributed by atoms with E-state index in [4.69, 9.17) is 16.3 Å². The van der Waals surface area contributed by atoms with Gasteiger partial charge in [-0.2, -0.15) is 13.2 Å². The molecule has 1 fully saturated rings. The van der Waals surface area contributed by atoms with Crippen LogP contribution in [0.25, 0.3) is 11.1 Å². The van der Waals surface area contributed by atoms with Gasteiger partial charge in [-0.3, -0.25) is 4.79 Å². The van der Waals surface area contributed by atoms with Gasteiger partial charge in [0.15, 0.2) is 0 Å². The van der Waals surface area contributed by atoms with E-state index in [1.807, 2.05) is 37.3 Å². The number of alkyl halides is 3. The second-order valence-corrected chi connectivity index (χ2v) is 8.70. The number of carbonyl (C=O) groups is 2. The second-order valence-electron chi connectivity index (χ2n) is 8.26. The van der Waals surface area contributed by atoms with Crippen molar-refractivity contribution in [2.24, 2.45) is 5.92 Å². The fourth-order valence-corrected chi connectivity index (χ4v) is 4.31. The van der Waals surface area contributed by atoms with Gasteiger partial charge in [-0.15, -0.1) is 0 Å². The number of esters is 1. The van der Waals surface area contributed by atoms with Crippen molar-refractivity contribution in [3.05, 3.63) is 58.6 Å². The third-order valence-electron chi connectivity index (χ3n) is 6.13. The summed E-state index contributed by atoms with van der Waals surface area (Å²) in [6.07, 6.45) is -5.01. The van der Waals surface area contributed by atoms with Crippen molar-refractivity contribution in [1.29, 1.82) is 0 Å². The summed E-state index contributed by atoms with van der Waals surface area (Å²) >= 11 is 5.95. The summed E-state index contributed by atoms with van der Waals surface area (Å²) in [5, 5.41) is 3.32. The lowest BCUT2D eigenvalue weighted by Crippen LogP contribution is -2.58. The Morgan fingerprint density at radius 3 is 2.25 bits per heavy atom. The number of rotatable bonds is 5. The maximum absolute atomic E-state index is 13.1. The molecule has 0 heterocycles. The number of hydrogen-bond donors (Lipinski definition) is 1. The molecule has 172 valence electrons. The highest BCUT2D eigenvalue weighted by Gasteiger charge is 2.50. The van der Waals surface area contributed by atoms with Gasteiger partial charge in [0.1, 0.15) is 5.54 Å². The summed E-state index contributed by atoms with van der Waals surface area (Å²) in [5.74, 6) is -2.62. The molecule has 1 N–H and O–H groups in total. The summed E-state index contributed by atoms with van der Waals surface area (Å²) in [6.45, 7) is 1.87. The van der Waals surface area contributed by atoms with Crippen LogP contribution in [0.5, 0.6) is 0 Å². The molecule has 0 aromatic heterocycles. The molecule has 8 heteroatoms. The van der Waals surface area contributed by atoms with Crippen LogP contribution in [0.3, 0.4) is 0 Å². The number of nitrogens with one attached hydrogen (secondary N) is 1. The molecule has 0 atom stereocenters. The minimum absolute atomic E-state index is 0.00525. The lowest BCUT2D eigenvalue weighted by Gasteiger charge is -2.38. The van der Waals surface area contributed by atoms with Gasteiger partial charge in [0.2, 0.25) is 5.91 Å². The van der Waals surface area contributed by atoms with Crippen LogP contribution in [0.1, 0.15) is 36.8 Å². The van der Waals surface area contributed by atoms with Crippen LogP contribution in [0, 0.1) is 12.8 Å². The van der Waals surface area contributed by atoms with Crippen LogP contribution < -0.4 is 5.32 Å². The Morgan fingerprint density at radius 2 is 1.69 bits per heavy atom. The zero-order valence-corrected chi connectivity index (χ0v) is 18.6. The van der Waals surface area contributed by atoms with Gasteiger partial charge in [0.25, 0.3) is 0 Å². The minimum Gasteiger partial charge on any atom is -0.467 e. The molecule has 1 aliphatic carbocycles. The standard InChI is InChI=1S/C24H25ClF3NO3/c1-15-3-4-17(16-5-7-20(25)8-6-16)13-18(15)14-21(30)29-23(22(31)32-2)11-9-19(10-12-23)24(26,27)28/h3-8,13,19H,9-12,14H2,1-2H3,(H,29,30). The third-order valence-corrected chi connectivity index (χ3v) is 6.39. The molecule has 2 aromatic rings. The van der Waals surface area contributed by atoms with Gasteiger partial charge in [-0.05, 0) is 67.0 Å². The Labute approximate surface area is 190 Å². The number of amides is 1. The van der Waals surface area contributed by atoms with Crippen LogP contribution in [0.4, 0.5) is 13.2 Å². The van der Waals surface area contributed by atoms with Gasteiger partial charge in [-0.25, -0.2) is 4.79 Å². The van der Waals surface area contributed by atoms with E-state index in [0.717, 1.165) is 22.3 Å². The van der Waals surface area contributed by atoms with E-state index >= 15 is 0 Å². The Kier molecular flexibility index (Phi) is 7.18. The van der Waals surface area contributed by atoms with Gasteiger partial charge < -0.3 is 10.1 Å². The predicted molar refractivity (Wildman–Crippen MR) is 116 cm³/mol. The zero-order valence-electron chi connectivity index (χ0n) is 17.9. The number of benzene rings is 2. The molecular formula is C24H25ClF3NO3. The van der Waals surface area contributed by atoms with Crippen molar-refractivity contribution in [1.82, 2.24) is 5.32 Å². The van der Waals surface area contributed by atoms with Crippen LogP contribution >= 0.6 is 11.6 Å². The van der Waals surface area contributed by atoms with Crippen LogP contribution in [-0.2, 0) is 20.7 Å². The first kappa shape index (κ1) is 24.1. The van der Waals surface area contributed by atoms with Gasteiger partial charge in [-0.1, -0.05) is 41.9 Å². The van der Waals surface area contributed by atoms with Gasteiger partial charge >= 0.3 is 12.1 Å². The van der Waals surface area contributed by atoms with Crippen molar-refractivity contribution in [3.8, 4) is 11.1 Å². The molecule has 0 unspecified atom stereocenters. The highest BCUT2D eigenvalue weighted by molar-refractivity contribution is 6.30. The van der Waals surface area contributed by atoms with E-state index in [1.54, 1.807) is 12.1 Å². The van der Waals surface area contributed by atoms with E-state index in [9.17, 15) is 22.8 Å². The van der Waals surface area contributed by atoms with E-state index in [-0.39, 0.29) is 32.1 Å². The SMILES string of the molecule is COC(=O)C1(NC(=O)Cc2cc(-c3ccc(Cl)cc3)ccc2C)CCC(C(F)(F)F)CC1. The minimum atomic E-state index is -4.31. The Morgan fingerprint density at radius 1 is 1.09 bits per heavy atom. The average molecular weight is 468 g/mol. The van der Waals surface area contributed by atoms with Crippen molar-refractivity contribution < 1.29 is 27.5 Å². The summed E-state index contributed by atoms with van der Waals surface area (Å²) in [5.41, 5.74) is 2.07. The maximum atomic E-state index is 13.1. The van der Waals surface area contributed by atoms with Crippen LogP contribution in [-0.4, -0.2) is 30.7 Å². The Hall–Kier alpha value is -2.54. The molecular weight excluding hydrogens is 443 g/mol. The third kappa shape index (κ3) is 5.44. The highest BCUT2D eigenvalue weighted by atomic mass is 35.5. The number of aryl methyl sites for hydroxylation is 1. The molecule has 1 amide bonds.